The van der Waals surface area contributed by atoms with Crippen LogP contribution in [0.4, 0.5) is 13.2 Å². The van der Waals surface area contributed by atoms with Crippen LogP contribution < -0.4 is 4.74 Å². The number of alkyl halides is 3. The largest absolute Gasteiger partial charge is 0.507 e. The average molecular weight is 244 g/mol. The Morgan fingerprint density at radius 1 is 1.18 bits per heavy atom. The van der Waals surface area contributed by atoms with Crippen molar-refractivity contribution in [3.8, 4) is 5.75 Å². The number of allylic oxidation sites excluding steroid dienone is 1. The van der Waals surface area contributed by atoms with E-state index in [4.69, 9.17) is 0 Å². The zero-order valence-corrected chi connectivity index (χ0v) is 8.92. The molecule has 1 N–H and O–H groups in total. The first-order chi connectivity index (χ1) is 7.96. The lowest BCUT2D eigenvalue weighted by atomic mass is 10.1. The molecule has 1 aromatic carbocycles. The van der Waals surface area contributed by atoms with Crippen LogP contribution in [0.3, 0.4) is 0 Å². The van der Waals surface area contributed by atoms with Gasteiger partial charge in [0.1, 0.15) is 11.5 Å². The molecule has 0 atom stereocenters. The van der Waals surface area contributed by atoms with Gasteiger partial charge in [-0.1, -0.05) is 0 Å². The van der Waals surface area contributed by atoms with E-state index in [9.17, 15) is 18.3 Å². The Hall–Kier alpha value is -1.65. The fourth-order valence-electron chi connectivity index (χ4n) is 1.38. The minimum Gasteiger partial charge on any atom is -0.507 e. The van der Waals surface area contributed by atoms with Crippen molar-refractivity contribution < 1.29 is 23.0 Å². The van der Waals surface area contributed by atoms with Gasteiger partial charge in [-0.25, -0.2) is 0 Å². The molecule has 0 aromatic heterocycles. The van der Waals surface area contributed by atoms with Crippen LogP contribution in [0.25, 0.3) is 5.76 Å². The maximum atomic E-state index is 11.9. The Labute approximate surface area is 96.3 Å². The maximum Gasteiger partial charge on any atom is 0.422 e. The number of aliphatic hydroxyl groups is 1. The molecular formula is C12H11F3O2. The standard InChI is InChI=1S/C12H11F3O2/c13-12(14,15)7-17-10-5-3-9(4-6-10)11(16)8-1-2-8/h3-6,16H,1-2,7H2. The average Bonchev–Trinajstić information content (AvgIpc) is 3.09. The summed E-state index contributed by atoms with van der Waals surface area (Å²) in [5.41, 5.74) is 1.59. The van der Waals surface area contributed by atoms with E-state index in [1.165, 1.54) is 12.1 Å². The molecule has 0 heterocycles. The molecule has 17 heavy (non-hydrogen) atoms. The molecule has 0 spiro atoms. The lowest BCUT2D eigenvalue weighted by Gasteiger charge is -2.09. The van der Waals surface area contributed by atoms with Crippen molar-refractivity contribution in [2.75, 3.05) is 6.61 Å². The third kappa shape index (κ3) is 3.41. The van der Waals surface area contributed by atoms with Crippen molar-refractivity contribution in [1.29, 1.82) is 0 Å². The van der Waals surface area contributed by atoms with E-state index in [1.54, 1.807) is 12.1 Å². The van der Waals surface area contributed by atoms with E-state index in [-0.39, 0.29) is 11.5 Å². The van der Waals surface area contributed by atoms with E-state index in [1.807, 2.05) is 0 Å². The molecule has 0 bridgehead atoms. The summed E-state index contributed by atoms with van der Waals surface area (Å²) < 4.78 is 40.2. The highest BCUT2D eigenvalue weighted by molar-refractivity contribution is 5.65. The van der Waals surface area contributed by atoms with Crippen LogP contribution in [0.5, 0.6) is 5.75 Å². The van der Waals surface area contributed by atoms with Gasteiger partial charge in [0.05, 0.1) is 0 Å². The Balaban J connectivity index is 2.01. The van der Waals surface area contributed by atoms with E-state index in [2.05, 4.69) is 4.74 Å². The minimum atomic E-state index is -4.34. The number of hydrogen-bond acceptors (Lipinski definition) is 2. The molecule has 0 saturated heterocycles. The van der Waals surface area contributed by atoms with Crippen molar-refractivity contribution in [3.63, 3.8) is 0 Å². The van der Waals surface area contributed by atoms with Crippen LogP contribution in [0.15, 0.2) is 29.8 Å². The molecule has 0 aliphatic heterocycles. The van der Waals surface area contributed by atoms with Gasteiger partial charge in [-0.2, -0.15) is 13.2 Å². The van der Waals surface area contributed by atoms with Crippen LogP contribution in [0.2, 0.25) is 0 Å². The summed E-state index contributed by atoms with van der Waals surface area (Å²) in [5.74, 6) is 0.368. The predicted molar refractivity (Wildman–Crippen MR) is 56.8 cm³/mol. The quantitative estimate of drug-likeness (QED) is 0.821. The van der Waals surface area contributed by atoms with Crippen molar-refractivity contribution in [1.82, 2.24) is 0 Å². The lowest BCUT2D eigenvalue weighted by molar-refractivity contribution is -0.153. The Morgan fingerprint density at radius 3 is 2.24 bits per heavy atom. The monoisotopic (exact) mass is 244 g/mol. The topological polar surface area (TPSA) is 29.5 Å². The van der Waals surface area contributed by atoms with Gasteiger partial charge in [0, 0.05) is 5.56 Å². The van der Waals surface area contributed by atoms with Gasteiger partial charge in [0.15, 0.2) is 6.61 Å². The van der Waals surface area contributed by atoms with E-state index in [0.29, 0.717) is 5.56 Å². The summed E-state index contributed by atoms with van der Waals surface area (Å²) in [7, 11) is 0. The van der Waals surface area contributed by atoms with Crippen LogP contribution in [-0.2, 0) is 0 Å². The minimum absolute atomic E-state index is 0.139. The molecule has 1 fully saturated rings. The summed E-state index contributed by atoms with van der Waals surface area (Å²) in [6.45, 7) is -1.31. The Kier molecular flexibility index (Phi) is 3.00. The Morgan fingerprint density at radius 2 is 1.76 bits per heavy atom. The molecule has 0 radical (unpaired) electrons. The SMILES string of the molecule is OC(=C1CC1)c1ccc(OCC(F)(F)F)cc1. The number of ether oxygens (including phenoxy) is 1. The van der Waals surface area contributed by atoms with Crippen LogP contribution in [-0.4, -0.2) is 17.9 Å². The van der Waals surface area contributed by atoms with Crippen molar-refractivity contribution in [2.45, 2.75) is 19.0 Å². The van der Waals surface area contributed by atoms with Crippen molar-refractivity contribution in [3.05, 3.63) is 35.4 Å². The molecule has 2 rings (SSSR count). The van der Waals surface area contributed by atoms with Crippen LogP contribution in [0.1, 0.15) is 18.4 Å². The van der Waals surface area contributed by atoms with Gasteiger partial charge in [0.2, 0.25) is 0 Å². The normalized spacial score (nSPS) is 14.6. The van der Waals surface area contributed by atoms with Crippen molar-refractivity contribution >= 4 is 5.76 Å². The summed E-state index contributed by atoms with van der Waals surface area (Å²) in [6, 6.07) is 5.93. The van der Waals surface area contributed by atoms with Gasteiger partial charge in [0.25, 0.3) is 0 Å². The van der Waals surface area contributed by atoms with Gasteiger partial charge in [-0.15, -0.1) is 0 Å². The fraction of sp³-hybridized carbons (Fsp3) is 0.333. The number of halogens is 3. The number of hydrogen-bond donors (Lipinski definition) is 1. The molecule has 0 amide bonds. The molecule has 2 nitrogen and oxygen atoms in total. The second-order valence-corrected chi connectivity index (χ2v) is 3.88. The first-order valence-corrected chi connectivity index (χ1v) is 5.17. The van der Waals surface area contributed by atoms with E-state index >= 15 is 0 Å². The number of aliphatic hydroxyl groups excluding tert-OH is 1. The van der Waals surface area contributed by atoms with Gasteiger partial charge >= 0.3 is 6.18 Å². The van der Waals surface area contributed by atoms with Gasteiger partial charge < -0.3 is 9.84 Å². The summed E-state index contributed by atoms with van der Waals surface area (Å²) in [6.07, 6.45) is -2.56. The highest BCUT2D eigenvalue weighted by atomic mass is 19.4. The number of benzene rings is 1. The molecular weight excluding hydrogens is 233 g/mol. The van der Waals surface area contributed by atoms with E-state index in [0.717, 1.165) is 18.4 Å². The fourth-order valence-corrected chi connectivity index (χ4v) is 1.38. The Bertz CT molecular complexity index is 426. The van der Waals surface area contributed by atoms with E-state index < -0.39 is 12.8 Å². The predicted octanol–water partition coefficient (Wildman–Crippen LogP) is 3.69. The second-order valence-electron chi connectivity index (χ2n) is 3.88. The molecule has 0 unspecified atom stereocenters. The molecule has 1 saturated carbocycles. The summed E-state index contributed by atoms with van der Waals surface area (Å²) in [5, 5.41) is 9.67. The summed E-state index contributed by atoms with van der Waals surface area (Å²) >= 11 is 0. The highest BCUT2D eigenvalue weighted by Gasteiger charge is 2.28. The smallest absolute Gasteiger partial charge is 0.422 e. The molecule has 1 aliphatic rings. The third-order valence-corrected chi connectivity index (χ3v) is 2.37. The molecule has 1 aliphatic carbocycles. The zero-order valence-electron chi connectivity index (χ0n) is 8.92. The lowest BCUT2D eigenvalue weighted by Crippen LogP contribution is -2.19. The maximum absolute atomic E-state index is 11.9. The van der Waals surface area contributed by atoms with Crippen LogP contribution in [0, 0.1) is 0 Å². The van der Waals surface area contributed by atoms with Crippen LogP contribution >= 0.6 is 0 Å². The molecule has 5 heteroatoms. The van der Waals surface area contributed by atoms with Gasteiger partial charge in [-0.05, 0) is 42.7 Å². The summed E-state index contributed by atoms with van der Waals surface area (Å²) in [4.78, 5) is 0. The second kappa shape index (κ2) is 4.31. The first kappa shape index (κ1) is 11.8. The first-order valence-electron chi connectivity index (χ1n) is 5.17. The highest BCUT2D eigenvalue weighted by Crippen LogP contribution is 2.35. The van der Waals surface area contributed by atoms with Crippen molar-refractivity contribution in [2.24, 2.45) is 0 Å². The molecule has 92 valence electrons. The third-order valence-electron chi connectivity index (χ3n) is 2.37. The molecule has 1 aromatic rings. The number of rotatable bonds is 3. The zero-order chi connectivity index (χ0) is 12.5. The van der Waals surface area contributed by atoms with Gasteiger partial charge in [-0.3, -0.25) is 0 Å².